The number of hydrogen-bond donors (Lipinski definition) is 1. The third-order valence-electron chi connectivity index (χ3n) is 5.09. The summed E-state index contributed by atoms with van der Waals surface area (Å²) in [6.45, 7) is 6.42. The van der Waals surface area contributed by atoms with Crippen molar-refractivity contribution in [1.29, 1.82) is 0 Å². The number of nitrogens with zero attached hydrogens (tertiary/aromatic N) is 3. The van der Waals surface area contributed by atoms with E-state index in [2.05, 4.69) is 58.2 Å². The second kappa shape index (κ2) is 5.69. The van der Waals surface area contributed by atoms with Crippen LogP contribution >= 0.6 is 0 Å². The van der Waals surface area contributed by atoms with Crippen molar-refractivity contribution in [3.8, 4) is 0 Å². The number of para-hydroxylation sites is 1. The Balaban J connectivity index is 1.60. The van der Waals surface area contributed by atoms with Crippen molar-refractivity contribution < 1.29 is 0 Å². The minimum Gasteiger partial charge on any atom is -0.371 e. The van der Waals surface area contributed by atoms with Gasteiger partial charge in [-0.25, -0.2) is 0 Å². The lowest BCUT2D eigenvalue weighted by Crippen LogP contribution is -2.33. The highest BCUT2D eigenvalue weighted by Gasteiger charge is 2.23. The van der Waals surface area contributed by atoms with Crippen LogP contribution in [0.1, 0.15) is 35.6 Å². The number of hydrogen-bond acceptors (Lipinski definition) is 3. The number of rotatable bonds is 2. The fourth-order valence-electron chi connectivity index (χ4n) is 3.79. The van der Waals surface area contributed by atoms with Crippen LogP contribution in [0.4, 0.5) is 5.69 Å². The Morgan fingerprint density at radius 3 is 2.70 bits per heavy atom. The summed E-state index contributed by atoms with van der Waals surface area (Å²) in [5.41, 5.74) is 6.29. The van der Waals surface area contributed by atoms with Crippen molar-refractivity contribution in [2.75, 3.05) is 18.0 Å². The molecule has 2 aromatic heterocycles. The van der Waals surface area contributed by atoms with E-state index in [1.54, 1.807) is 0 Å². The van der Waals surface area contributed by atoms with E-state index in [0.717, 1.165) is 18.6 Å². The van der Waals surface area contributed by atoms with Crippen molar-refractivity contribution in [3.63, 3.8) is 0 Å². The van der Waals surface area contributed by atoms with E-state index in [0.29, 0.717) is 5.92 Å². The predicted octanol–water partition coefficient (Wildman–Crippen LogP) is 3.96. The summed E-state index contributed by atoms with van der Waals surface area (Å²) < 4.78 is 0. The number of fused-ring (bicyclic) bond motifs is 1. The molecule has 1 fully saturated rings. The Hall–Kier alpha value is -2.36. The Morgan fingerprint density at radius 2 is 1.96 bits per heavy atom. The first-order chi connectivity index (χ1) is 11.2. The first-order valence-electron chi connectivity index (χ1n) is 8.33. The lowest BCUT2D eigenvalue weighted by atomic mass is 9.89. The smallest absolute Gasteiger partial charge is 0.0751 e. The van der Waals surface area contributed by atoms with Gasteiger partial charge in [-0.2, -0.15) is 5.10 Å². The molecular weight excluding hydrogens is 284 g/mol. The molecule has 1 aliphatic heterocycles. The molecule has 1 saturated heterocycles. The Morgan fingerprint density at radius 1 is 1.13 bits per heavy atom. The monoisotopic (exact) mass is 306 g/mol. The topological polar surface area (TPSA) is 44.8 Å². The summed E-state index contributed by atoms with van der Waals surface area (Å²) in [5, 5.41) is 8.51. The molecule has 0 bridgehead atoms. The van der Waals surface area contributed by atoms with Crippen molar-refractivity contribution in [3.05, 3.63) is 53.5 Å². The molecule has 23 heavy (non-hydrogen) atoms. The molecule has 0 unspecified atom stereocenters. The van der Waals surface area contributed by atoms with Crippen LogP contribution < -0.4 is 4.90 Å². The predicted molar refractivity (Wildman–Crippen MR) is 94.0 cm³/mol. The van der Waals surface area contributed by atoms with Crippen molar-refractivity contribution in [2.45, 2.75) is 32.6 Å². The largest absolute Gasteiger partial charge is 0.371 e. The molecule has 4 nitrogen and oxygen atoms in total. The average molecular weight is 306 g/mol. The number of anilines is 1. The molecule has 0 saturated carbocycles. The maximum atomic E-state index is 4.56. The minimum atomic E-state index is 0.625. The zero-order valence-electron chi connectivity index (χ0n) is 13.7. The number of pyridine rings is 1. The zero-order chi connectivity index (χ0) is 15.8. The highest BCUT2D eigenvalue weighted by molar-refractivity contribution is 5.93. The number of benzene rings is 1. The Bertz CT molecular complexity index is 828. The van der Waals surface area contributed by atoms with E-state index in [-0.39, 0.29) is 0 Å². The molecule has 4 heteroatoms. The Labute approximate surface area is 136 Å². The number of H-pyrrole nitrogens is 1. The first kappa shape index (κ1) is 14.2. The summed E-state index contributed by atoms with van der Waals surface area (Å²) in [5.74, 6) is 0.625. The van der Waals surface area contributed by atoms with Crippen LogP contribution in [0.25, 0.3) is 10.9 Å². The van der Waals surface area contributed by atoms with E-state index in [1.807, 2.05) is 12.4 Å². The highest BCUT2D eigenvalue weighted by Crippen LogP contribution is 2.34. The van der Waals surface area contributed by atoms with Gasteiger partial charge in [0.15, 0.2) is 0 Å². The number of nitrogens with one attached hydrogen (secondary N) is 1. The fourth-order valence-corrected chi connectivity index (χ4v) is 3.79. The van der Waals surface area contributed by atoms with E-state index >= 15 is 0 Å². The van der Waals surface area contributed by atoms with Gasteiger partial charge in [0.1, 0.15) is 0 Å². The van der Waals surface area contributed by atoms with Gasteiger partial charge in [0.2, 0.25) is 0 Å². The fraction of sp³-hybridized carbons (Fsp3) is 0.368. The molecule has 3 heterocycles. The Kier molecular flexibility index (Phi) is 3.52. The SMILES string of the molecule is Cc1[nH]ncc1C1CCN(c2ccnc3c(C)cccc23)CC1. The maximum absolute atomic E-state index is 4.56. The molecule has 1 aliphatic rings. The molecule has 4 rings (SSSR count). The zero-order valence-corrected chi connectivity index (χ0v) is 13.7. The summed E-state index contributed by atoms with van der Waals surface area (Å²) in [4.78, 5) is 7.07. The molecule has 0 spiro atoms. The molecule has 0 atom stereocenters. The van der Waals surface area contributed by atoms with Gasteiger partial charge < -0.3 is 4.90 Å². The van der Waals surface area contributed by atoms with Gasteiger partial charge in [-0.1, -0.05) is 18.2 Å². The summed E-state index contributed by atoms with van der Waals surface area (Å²) in [7, 11) is 0. The third kappa shape index (κ3) is 2.48. The van der Waals surface area contributed by atoms with Gasteiger partial charge in [-0.05, 0) is 49.8 Å². The van der Waals surface area contributed by atoms with Gasteiger partial charge in [-0.15, -0.1) is 0 Å². The van der Waals surface area contributed by atoms with Gasteiger partial charge in [0.05, 0.1) is 11.7 Å². The summed E-state index contributed by atoms with van der Waals surface area (Å²) >= 11 is 0. The normalized spacial score (nSPS) is 16.2. The molecule has 1 N–H and O–H groups in total. The maximum Gasteiger partial charge on any atom is 0.0751 e. The quantitative estimate of drug-likeness (QED) is 0.779. The molecule has 118 valence electrons. The van der Waals surface area contributed by atoms with Crippen LogP contribution in [0.5, 0.6) is 0 Å². The number of aromatic amines is 1. The van der Waals surface area contributed by atoms with Crippen LogP contribution in [0, 0.1) is 13.8 Å². The third-order valence-corrected chi connectivity index (χ3v) is 5.09. The number of aryl methyl sites for hydroxylation is 2. The minimum absolute atomic E-state index is 0.625. The van der Waals surface area contributed by atoms with E-state index in [1.165, 1.54) is 40.7 Å². The van der Waals surface area contributed by atoms with Crippen molar-refractivity contribution >= 4 is 16.6 Å². The summed E-state index contributed by atoms with van der Waals surface area (Å²) in [6.07, 6.45) is 6.30. The second-order valence-corrected chi connectivity index (χ2v) is 6.51. The van der Waals surface area contributed by atoms with Crippen LogP contribution in [0.15, 0.2) is 36.7 Å². The van der Waals surface area contributed by atoms with Crippen LogP contribution in [0.3, 0.4) is 0 Å². The van der Waals surface area contributed by atoms with Gasteiger partial charge in [0, 0.05) is 36.1 Å². The van der Waals surface area contributed by atoms with Gasteiger partial charge in [-0.3, -0.25) is 10.1 Å². The van der Waals surface area contributed by atoms with Crippen molar-refractivity contribution in [2.24, 2.45) is 0 Å². The lowest BCUT2D eigenvalue weighted by molar-refractivity contribution is 0.504. The van der Waals surface area contributed by atoms with Crippen LogP contribution in [-0.2, 0) is 0 Å². The average Bonchev–Trinajstić information content (AvgIpc) is 3.01. The highest BCUT2D eigenvalue weighted by atomic mass is 15.1. The summed E-state index contributed by atoms with van der Waals surface area (Å²) in [6, 6.07) is 8.61. The second-order valence-electron chi connectivity index (χ2n) is 6.51. The lowest BCUT2D eigenvalue weighted by Gasteiger charge is -2.34. The molecule has 0 amide bonds. The van der Waals surface area contributed by atoms with Crippen LogP contribution in [0.2, 0.25) is 0 Å². The van der Waals surface area contributed by atoms with Crippen molar-refractivity contribution in [1.82, 2.24) is 15.2 Å². The van der Waals surface area contributed by atoms with E-state index in [9.17, 15) is 0 Å². The molecule has 3 aromatic rings. The van der Waals surface area contributed by atoms with E-state index < -0.39 is 0 Å². The standard InChI is InChI=1S/C19H22N4/c1-13-4-3-5-16-18(6-9-20-19(13)16)23-10-7-15(8-11-23)17-12-21-22-14(17)2/h3-6,9,12,15H,7-8,10-11H2,1-2H3,(H,21,22). The molecule has 0 aliphatic carbocycles. The molecule has 0 radical (unpaired) electrons. The van der Waals surface area contributed by atoms with Gasteiger partial charge in [0.25, 0.3) is 0 Å². The van der Waals surface area contributed by atoms with Crippen LogP contribution in [-0.4, -0.2) is 28.3 Å². The number of piperidine rings is 1. The molecule has 1 aromatic carbocycles. The van der Waals surface area contributed by atoms with Gasteiger partial charge >= 0.3 is 0 Å². The van der Waals surface area contributed by atoms with E-state index in [4.69, 9.17) is 0 Å². The molecular formula is C19H22N4. The number of aromatic nitrogens is 3. The first-order valence-corrected chi connectivity index (χ1v) is 8.33.